The number of methoxy groups -OCH3 is 1. The molecule has 4 nitrogen and oxygen atoms in total. The van der Waals surface area contributed by atoms with Crippen LogP contribution in [0.15, 0.2) is 18.2 Å². The lowest BCUT2D eigenvalue weighted by Crippen LogP contribution is -2.37. The van der Waals surface area contributed by atoms with Crippen LogP contribution < -0.4 is 4.90 Å². The second-order valence-electron chi connectivity index (χ2n) is 4.48. The van der Waals surface area contributed by atoms with Crippen LogP contribution in [0.3, 0.4) is 0 Å². The smallest absolute Gasteiger partial charge is 0.252 e. The highest BCUT2D eigenvalue weighted by Crippen LogP contribution is 2.28. The predicted octanol–water partition coefficient (Wildman–Crippen LogP) is 1.81. The Morgan fingerprint density at radius 1 is 1.39 bits per heavy atom. The van der Waals surface area contributed by atoms with Crippen LogP contribution in [0.5, 0.6) is 0 Å². The van der Waals surface area contributed by atoms with E-state index in [-0.39, 0.29) is 18.3 Å². The van der Waals surface area contributed by atoms with Gasteiger partial charge in [0.15, 0.2) is 5.78 Å². The number of rotatable bonds is 3. The van der Waals surface area contributed by atoms with E-state index in [4.69, 9.17) is 4.74 Å². The number of aryl methyl sites for hydroxylation is 1. The van der Waals surface area contributed by atoms with Crippen molar-refractivity contribution < 1.29 is 14.3 Å². The molecule has 0 bridgehead atoms. The minimum atomic E-state index is -0.0563. The molecule has 0 saturated heterocycles. The van der Waals surface area contributed by atoms with E-state index in [1.807, 2.05) is 18.2 Å². The van der Waals surface area contributed by atoms with Crippen LogP contribution in [-0.2, 0) is 16.0 Å². The van der Waals surface area contributed by atoms with Gasteiger partial charge in [0.25, 0.3) is 5.91 Å². The Balaban J connectivity index is 2.37. The molecule has 0 aromatic heterocycles. The molecule has 0 saturated carbocycles. The number of carbonyl (C=O) groups excluding carboxylic acids is 2. The minimum Gasteiger partial charge on any atom is -0.375 e. The number of amides is 1. The molecule has 1 amide bonds. The van der Waals surface area contributed by atoms with E-state index in [0.29, 0.717) is 12.1 Å². The molecule has 0 fully saturated rings. The van der Waals surface area contributed by atoms with Gasteiger partial charge in [-0.3, -0.25) is 9.59 Å². The van der Waals surface area contributed by atoms with E-state index < -0.39 is 0 Å². The molecule has 0 N–H and O–H groups in total. The van der Waals surface area contributed by atoms with Crippen LogP contribution in [0.25, 0.3) is 0 Å². The van der Waals surface area contributed by atoms with Crippen LogP contribution in [-0.4, -0.2) is 32.0 Å². The second kappa shape index (κ2) is 5.31. The van der Waals surface area contributed by atoms with Crippen LogP contribution >= 0.6 is 0 Å². The summed E-state index contributed by atoms with van der Waals surface area (Å²) in [5.41, 5.74) is 2.62. The second-order valence-corrected chi connectivity index (χ2v) is 4.48. The van der Waals surface area contributed by atoms with Gasteiger partial charge in [0.1, 0.15) is 6.61 Å². The number of Topliss-reactive ketones (excluding diaryl/α,β-unsaturated/α-hetero) is 1. The fraction of sp³-hybridized carbons (Fsp3) is 0.429. The molecule has 1 aromatic carbocycles. The number of ketones is 1. The molecule has 96 valence electrons. The maximum absolute atomic E-state index is 12.0. The molecule has 0 atom stereocenters. The highest BCUT2D eigenvalue weighted by molar-refractivity contribution is 5.99. The summed E-state index contributed by atoms with van der Waals surface area (Å²) in [6.07, 6.45) is 1.89. The maximum atomic E-state index is 12.0. The summed E-state index contributed by atoms with van der Waals surface area (Å²) in [5.74, 6) is -0.0401. The lowest BCUT2D eigenvalue weighted by atomic mass is 9.98. The van der Waals surface area contributed by atoms with E-state index in [9.17, 15) is 9.59 Å². The Morgan fingerprint density at radius 2 is 2.17 bits per heavy atom. The third kappa shape index (κ3) is 2.43. The van der Waals surface area contributed by atoms with Crippen molar-refractivity contribution >= 4 is 17.4 Å². The van der Waals surface area contributed by atoms with Gasteiger partial charge in [-0.25, -0.2) is 0 Å². The summed E-state index contributed by atoms with van der Waals surface area (Å²) in [7, 11) is 1.51. The molecule has 1 heterocycles. The number of fused-ring (bicyclic) bond motifs is 1. The molecule has 18 heavy (non-hydrogen) atoms. The molecular weight excluding hydrogens is 230 g/mol. The van der Waals surface area contributed by atoms with Gasteiger partial charge in [-0.2, -0.15) is 0 Å². The van der Waals surface area contributed by atoms with Gasteiger partial charge in [-0.1, -0.05) is 12.1 Å². The summed E-state index contributed by atoms with van der Waals surface area (Å²) in [5, 5.41) is 0. The lowest BCUT2D eigenvalue weighted by Gasteiger charge is -2.29. The Hall–Kier alpha value is -1.68. The first-order valence-electron chi connectivity index (χ1n) is 6.06. The topological polar surface area (TPSA) is 46.6 Å². The van der Waals surface area contributed by atoms with E-state index in [1.54, 1.807) is 4.90 Å². The van der Waals surface area contributed by atoms with Gasteiger partial charge >= 0.3 is 0 Å². The van der Waals surface area contributed by atoms with Crippen molar-refractivity contribution in [3.8, 4) is 0 Å². The van der Waals surface area contributed by atoms with Crippen molar-refractivity contribution in [1.29, 1.82) is 0 Å². The maximum Gasteiger partial charge on any atom is 0.252 e. The summed E-state index contributed by atoms with van der Waals surface area (Å²) in [6, 6.07) is 5.58. The zero-order chi connectivity index (χ0) is 13.1. The monoisotopic (exact) mass is 247 g/mol. The minimum absolute atomic E-state index is 0.0162. The van der Waals surface area contributed by atoms with E-state index >= 15 is 0 Å². The van der Waals surface area contributed by atoms with Crippen molar-refractivity contribution in [2.45, 2.75) is 19.8 Å². The zero-order valence-electron chi connectivity index (χ0n) is 10.7. The summed E-state index contributed by atoms with van der Waals surface area (Å²) >= 11 is 0. The van der Waals surface area contributed by atoms with E-state index in [0.717, 1.165) is 24.1 Å². The Bertz CT molecular complexity index is 482. The summed E-state index contributed by atoms with van der Waals surface area (Å²) in [6.45, 7) is 2.30. The van der Waals surface area contributed by atoms with Gasteiger partial charge in [-0.05, 0) is 31.4 Å². The summed E-state index contributed by atoms with van der Waals surface area (Å²) in [4.78, 5) is 25.1. The van der Waals surface area contributed by atoms with Crippen molar-refractivity contribution in [3.63, 3.8) is 0 Å². The van der Waals surface area contributed by atoms with Crippen molar-refractivity contribution in [3.05, 3.63) is 29.3 Å². The molecule has 1 aromatic rings. The fourth-order valence-electron chi connectivity index (χ4n) is 2.25. The van der Waals surface area contributed by atoms with Gasteiger partial charge in [-0.15, -0.1) is 0 Å². The molecule has 1 aliphatic heterocycles. The Labute approximate surface area is 107 Å². The first kappa shape index (κ1) is 12.8. The predicted molar refractivity (Wildman–Crippen MR) is 69.0 cm³/mol. The van der Waals surface area contributed by atoms with Gasteiger partial charge in [0.05, 0.1) is 0 Å². The van der Waals surface area contributed by atoms with E-state index in [1.165, 1.54) is 14.0 Å². The third-order valence-corrected chi connectivity index (χ3v) is 3.18. The molecule has 1 aliphatic rings. The van der Waals surface area contributed by atoms with Crippen LogP contribution in [0.1, 0.15) is 29.3 Å². The highest BCUT2D eigenvalue weighted by atomic mass is 16.5. The average Bonchev–Trinajstić information content (AvgIpc) is 2.37. The van der Waals surface area contributed by atoms with Gasteiger partial charge in [0, 0.05) is 24.9 Å². The largest absolute Gasteiger partial charge is 0.375 e. The number of benzene rings is 1. The molecule has 0 spiro atoms. The Kier molecular flexibility index (Phi) is 3.77. The number of anilines is 1. The highest BCUT2D eigenvalue weighted by Gasteiger charge is 2.22. The van der Waals surface area contributed by atoms with Crippen LogP contribution in [0.4, 0.5) is 5.69 Å². The fourth-order valence-corrected chi connectivity index (χ4v) is 2.25. The molecule has 0 radical (unpaired) electrons. The normalized spacial score (nSPS) is 14.2. The lowest BCUT2D eigenvalue weighted by molar-refractivity contribution is -0.122. The number of hydrogen-bond donors (Lipinski definition) is 0. The summed E-state index contributed by atoms with van der Waals surface area (Å²) < 4.78 is 4.89. The Morgan fingerprint density at radius 3 is 2.83 bits per heavy atom. The molecular formula is C14H17NO3. The number of ether oxygens (including phenoxy) is 1. The number of hydrogen-bond acceptors (Lipinski definition) is 3. The molecule has 4 heteroatoms. The van der Waals surface area contributed by atoms with Gasteiger partial charge in [0.2, 0.25) is 0 Å². The standard InChI is InChI=1S/C14H17NO3/c1-10(16)12-6-5-11-4-3-7-15(13(11)8-12)14(17)9-18-2/h5-6,8H,3-4,7,9H2,1-2H3. The van der Waals surface area contributed by atoms with Gasteiger partial charge < -0.3 is 9.64 Å². The average molecular weight is 247 g/mol. The molecule has 0 aliphatic carbocycles. The first-order chi connectivity index (χ1) is 8.63. The zero-order valence-corrected chi connectivity index (χ0v) is 10.7. The number of carbonyl (C=O) groups is 2. The SMILES string of the molecule is COCC(=O)N1CCCc2ccc(C(C)=O)cc21. The van der Waals surface area contributed by atoms with Crippen LogP contribution in [0.2, 0.25) is 0 Å². The molecule has 2 rings (SSSR count). The van der Waals surface area contributed by atoms with Crippen molar-refractivity contribution in [2.24, 2.45) is 0 Å². The third-order valence-electron chi connectivity index (χ3n) is 3.18. The number of nitrogens with zero attached hydrogens (tertiary/aromatic N) is 1. The quantitative estimate of drug-likeness (QED) is 0.765. The van der Waals surface area contributed by atoms with Crippen molar-refractivity contribution in [2.75, 3.05) is 25.2 Å². The van der Waals surface area contributed by atoms with E-state index in [2.05, 4.69) is 0 Å². The first-order valence-corrected chi connectivity index (χ1v) is 6.06. The van der Waals surface area contributed by atoms with Crippen molar-refractivity contribution in [1.82, 2.24) is 0 Å². The van der Waals surface area contributed by atoms with Crippen LogP contribution in [0, 0.1) is 0 Å². The molecule has 0 unspecified atom stereocenters.